The van der Waals surface area contributed by atoms with E-state index in [1.165, 1.54) is 135 Å². The molecular formula is C29H61P. The van der Waals surface area contributed by atoms with Gasteiger partial charge in [-0.2, -0.15) is 0 Å². The quantitative estimate of drug-likeness (QED) is 0.0977. The van der Waals surface area contributed by atoms with E-state index >= 15 is 0 Å². The lowest BCUT2D eigenvalue weighted by atomic mass is 9.99. The van der Waals surface area contributed by atoms with Crippen molar-refractivity contribution < 1.29 is 0 Å². The molecule has 1 unspecified atom stereocenters. The summed E-state index contributed by atoms with van der Waals surface area (Å²) in [6.07, 6.45) is 35.6. The predicted molar refractivity (Wildman–Crippen MR) is 145 cm³/mol. The maximum absolute atomic E-state index is 2.54. The van der Waals surface area contributed by atoms with Crippen LogP contribution in [0.5, 0.6) is 0 Å². The third kappa shape index (κ3) is 23.1. The van der Waals surface area contributed by atoms with Crippen molar-refractivity contribution in [1.82, 2.24) is 0 Å². The van der Waals surface area contributed by atoms with Gasteiger partial charge in [0.25, 0.3) is 0 Å². The van der Waals surface area contributed by atoms with E-state index in [1.807, 2.05) is 0 Å². The average Bonchev–Trinajstić information content (AvgIpc) is 2.75. The third-order valence-electron chi connectivity index (χ3n) is 6.89. The summed E-state index contributed by atoms with van der Waals surface area (Å²) in [6.45, 7) is 9.52. The second-order valence-corrected chi connectivity index (χ2v) is 12.9. The standard InChI is InChI=1S/C29H61P/c1-5-8-11-14-15-16-17-18-21-24-29(4)25-28-30(26-22-19-12-9-6-2)27-23-20-13-10-7-3/h29H,5-28H2,1-4H3. The summed E-state index contributed by atoms with van der Waals surface area (Å²) < 4.78 is 0. The zero-order valence-corrected chi connectivity index (χ0v) is 22.9. The largest absolute Gasteiger partial charge is 0.107 e. The van der Waals surface area contributed by atoms with E-state index in [0.29, 0.717) is 7.92 Å². The van der Waals surface area contributed by atoms with Gasteiger partial charge in [0.2, 0.25) is 0 Å². The van der Waals surface area contributed by atoms with Crippen molar-refractivity contribution in [2.75, 3.05) is 18.5 Å². The maximum atomic E-state index is 2.54. The Morgan fingerprint density at radius 1 is 0.400 bits per heavy atom. The third-order valence-corrected chi connectivity index (χ3v) is 9.68. The van der Waals surface area contributed by atoms with Gasteiger partial charge in [-0.05, 0) is 43.7 Å². The van der Waals surface area contributed by atoms with E-state index in [4.69, 9.17) is 0 Å². The minimum absolute atomic E-state index is 0.333. The van der Waals surface area contributed by atoms with Gasteiger partial charge in [-0.15, -0.1) is 7.92 Å². The predicted octanol–water partition coefficient (Wildman–Crippen LogP) is 11.4. The molecule has 0 aromatic rings. The summed E-state index contributed by atoms with van der Waals surface area (Å²) in [5.41, 5.74) is 0. The molecule has 0 aliphatic rings. The van der Waals surface area contributed by atoms with Crippen LogP contribution in [0.1, 0.15) is 163 Å². The topological polar surface area (TPSA) is 0 Å². The normalized spacial score (nSPS) is 12.7. The smallest absolute Gasteiger partial charge is 0.0323 e. The lowest BCUT2D eigenvalue weighted by Crippen LogP contribution is -2.02. The molecule has 0 N–H and O–H groups in total. The van der Waals surface area contributed by atoms with Crippen LogP contribution in [-0.4, -0.2) is 18.5 Å². The second-order valence-electron chi connectivity index (χ2n) is 10.2. The highest BCUT2D eigenvalue weighted by molar-refractivity contribution is 7.57. The Balaban J connectivity index is 3.82. The van der Waals surface area contributed by atoms with E-state index in [-0.39, 0.29) is 0 Å². The van der Waals surface area contributed by atoms with E-state index < -0.39 is 0 Å². The van der Waals surface area contributed by atoms with Crippen molar-refractivity contribution in [3.8, 4) is 0 Å². The van der Waals surface area contributed by atoms with Crippen LogP contribution in [0.2, 0.25) is 0 Å². The molecule has 0 nitrogen and oxygen atoms in total. The molecule has 182 valence electrons. The first-order valence-corrected chi connectivity index (χ1v) is 16.4. The highest BCUT2D eigenvalue weighted by Gasteiger charge is 2.11. The fraction of sp³-hybridized carbons (Fsp3) is 1.00. The Labute approximate surface area is 194 Å². The fourth-order valence-corrected chi connectivity index (χ4v) is 7.38. The summed E-state index contributed by atoms with van der Waals surface area (Å²) in [6, 6.07) is 0. The number of unbranched alkanes of at least 4 members (excludes halogenated alkanes) is 16. The molecule has 0 amide bonds. The summed E-state index contributed by atoms with van der Waals surface area (Å²) in [5, 5.41) is 0. The molecule has 0 aromatic heterocycles. The van der Waals surface area contributed by atoms with Crippen molar-refractivity contribution in [1.29, 1.82) is 0 Å². The van der Waals surface area contributed by atoms with Gasteiger partial charge in [-0.1, -0.05) is 143 Å². The molecule has 0 saturated heterocycles. The molecule has 0 aliphatic carbocycles. The number of hydrogen-bond acceptors (Lipinski definition) is 0. The SMILES string of the molecule is CCCCCCCCCCCC(C)CCP(CCCCCCC)CCCCCCC. The zero-order chi connectivity index (χ0) is 22.1. The molecule has 0 spiro atoms. The fourth-order valence-electron chi connectivity index (χ4n) is 4.56. The van der Waals surface area contributed by atoms with E-state index in [1.54, 1.807) is 18.5 Å². The lowest BCUT2D eigenvalue weighted by Gasteiger charge is -2.20. The van der Waals surface area contributed by atoms with Gasteiger partial charge in [0.1, 0.15) is 0 Å². The van der Waals surface area contributed by atoms with Crippen molar-refractivity contribution in [2.24, 2.45) is 5.92 Å². The highest BCUT2D eigenvalue weighted by atomic mass is 31.1. The highest BCUT2D eigenvalue weighted by Crippen LogP contribution is 2.40. The lowest BCUT2D eigenvalue weighted by molar-refractivity contribution is 0.471. The van der Waals surface area contributed by atoms with Crippen LogP contribution in [0.3, 0.4) is 0 Å². The molecule has 1 atom stereocenters. The summed E-state index contributed by atoms with van der Waals surface area (Å²) in [4.78, 5) is 0. The Morgan fingerprint density at radius 2 is 0.767 bits per heavy atom. The van der Waals surface area contributed by atoms with Crippen molar-refractivity contribution in [3.05, 3.63) is 0 Å². The first-order chi connectivity index (χ1) is 14.7. The molecule has 30 heavy (non-hydrogen) atoms. The van der Waals surface area contributed by atoms with Crippen LogP contribution in [0.25, 0.3) is 0 Å². The van der Waals surface area contributed by atoms with Gasteiger partial charge in [0, 0.05) is 0 Å². The van der Waals surface area contributed by atoms with Crippen LogP contribution < -0.4 is 0 Å². The molecule has 1 heteroatoms. The minimum Gasteiger partial charge on any atom is -0.107 e. The van der Waals surface area contributed by atoms with Crippen LogP contribution >= 0.6 is 7.92 Å². The van der Waals surface area contributed by atoms with Crippen LogP contribution in [0.15, 0.2) is 0 Å². The molecule has 0 rings (SSSR count). The molecule has 0 aromatic carbocycles. The summed E-state index contributed by atoms with van der Waals surface area (Å²) >= 11 is 0. The van der Waals surface area contributed by atoms with E-state index in [2.05, 4.69) is 27.7 Å². The maximum Gasteiger partial charge on any atom is -0.0323 e. The molecule has 0 radical (unpaired) electrons. The molecular weight excluding hydrogens is 379 g/mol. The van der Waals surface area contributed by atoms with E-state index in [9.17, 15) is 0 Å². The van der Waals surface area contributed by atoms with Gasteiger partial charge in [0.05, 0.1) is 0 Å². The van der Waals surface area contributed by atoms with Crippen molar-refractivity contribution in [3.63, 3.8) is 0 Å². The van der Waals surface area contributed by atoms with Crippen LogP contribution in [-0.2, 0) is 0 Å². The van der Waals surface area contributed by atoms with Gasteiger partial charge in [0.15, 0.2) is 0 Å². The first-order valence-electron chi connectivity index (χ1n) is 14.5. The van der Waals surface area contributed by atoms with Crippen molar-refractivity contribution >= 4 is 7.92 Å². The average molecular weight is 441 g/mol. The zero-order valence-electron chi connectivity index (χ0n) is 22.0. The summed E-state index contributed by atoms with van der Waals surface area (Å²) in [5.74, 6) is 0.972. The molecule has 0 aliphatic heterocycles. The monoisotopic (exact) mass is 440 g/mol. The Bertz CT molecular complexity index is 287. The summed E-state index contributed by atoms with van der Waals surface area (Å²) in [7, 11) is 0.333. The van der Waals surface area contributed by atoms with Crippen LogP contribution in [0, 0.1) is 5.92 Å². The molecule has 0 fully saturated rings. The molecule has 0 heterocycles. The van der Waals surface area contributed by atoms with Gasteiger partial charge in [-0.3, -0.25) is 0 Å². The Kier molecular flexibility index (Phi) is 26.1. The van der Waals surface area contributed by atoms with Gasteiger partial charge >= 0.3 is 0 Å². The minimum atomic E-state index is 0.333. The van der Waals surface area contributed by atoms with Crippen LogP contribution in [0.4, 0.5) is 0 Å². The van der Waals surface area contributed by atoms with Gasteiger partial charge in [-0.25, -0.2) is 0 Å². The number of hydrogen-bond donors (Lipinski definition) is 0. The Morgan fingerprint density at radius 3 is 1.20 bits per heavy atom. The first kappa shape index (κ1) is 30.4. The van der Waals surface area contributed by atoms with Gasteiger partial charge < -0.3 is 0 Å². The molecule has 0 bridgehead atoms. The Hall–Kier alpha value is 0.430. The van der Waals surface area contributed by atoms with E-state index in [0.717, 1.165) is 5.92 Å². The van der Waals surface area contributed by atoms with Crippen molar-refractivity contribution in [2.45, 2.75) is 163 Å². The molecule has 0 saturated carbocycles. The number of rotatable bonds is 25. The second kappa shape index (κ2) is 25.7.